The van der Waals surface area contributed by atoms with Gasteiger partial charge in [0.05, 0.1) is 0 Å². The van der Waals surface area contributed by atoms with Gasteiger partial charge in [0.1, 0.15) is 0 Å². The fourth-order valence-electron chi connectivity index (χ4n) is 1.53. The Kier molecular flexibility index (Phi) is 4.97. The molecule has 0 amide bonds. The van der Waals surface area contributed by atoms with Gasteiger partial charge in [-0.25, -0.2) is 0 Å². The lowest BCUT2D eigenvalue weighted by molar-refractivity contribution is -0.694. The largest absolute Gasteiger partial charge is 1.00 e. The van der Waals surface area contributed by atoms with Gasteiger partial charge in [-0.15, -0.1) is 0 Å². The van der Waals surface area contributed by atoms with Crippen molar-refractivity contribution in [3.05, 3.63) is 64.9 Å². The zero-order valence-electron chi connectivity index (χ0n) is 9.03. The second-order valence-corrected chi connectivity index (χ2v) is 4.03. The average Bonchev–Trinajstić information content (AvgIpc) is 2.25. The van der Waals surface area contributed by atoms with E-state index in [2.05, 4.69) is 35.9 Å². The molecule has 3 heteroatoms. The van der Waals surface area contributed by atoms with Gasteiger partial charge in [-0.2, -0.15) is 4.57 Å². The Hall–Kier alpha value is -0.860. The predicted octanol–water partition coefficient (Wildman–Crippen LogP) is -0.0118. The average molecular weight is 299 g/mol. The van der Waals surface area contributed by atoms with Crippen molar-refractivity contribution in [2.24, 2.45) is 0 Å². The number of aryl methyl sites for hydroxylation is 1. The number of pyridine rings is 1. The summed E-state index contributed by atoms with van der Waals surface area (Å²) >= 11 is 5.84. The van der Waals surface area contributed by atoms with Crippen molar-refractivity contribution in [1.29, 1.82) is 0 Å². The maximum atomic E-state index is 5.84. The Morgan fingerprint density at radius 1 is 1.06 bits per heavy atom. The molecule has 0 saturated heterocycles. The zero-order chi connectivity index (χ0) is 10.7. The van der Waals surface area contributed by atoms with Crippen LogP contribution in [0.1, 0.15) is 11.3 Å². The van der Waals surface area contributed by atoms with Crippen LogP contribution in [0.4, 0.5) is 0 Å². The number of rotatable bonds is 2. The minimum absolute atomic E-state index is 0. The number of halogens is 2. The maximum Gasteiger partial charge on any atom is 0.178 e. The number of hydrogen-bond acceptors (Lipinski definition) is 0. The number of aromatic nitrogens is 1. The molecule has 0 bridgehead atoms. The first kappa shape index (κ1) is 13.2. The maximum absolute atomic E-state index is 5.84. The van der Waals surface area contributed by atoms with Gasteiger partial charge in [0, 0.05) is 29.6 Å². The highest BCUT2D eigenvalue weighted by atomic mass is 79.9. The van der Waals surface area contributed by atoms with E-state index < -0.39 is 0 Å². The summed E-state index contributed by atoms with van der Waals surface area (Å²) < 4.78 is 2.21. The molecule has 0 aliphatic carbocycles. The van der Waals surface area contributed by atoms with Crippen molar-refractivity contribution < 1.29 is 21.5 Å². The van der Waals surface area contributed by atoms with Crippen molar-refractivity contribution in [2.45, 2.75) is 13.5 Å². The van der Waals surface area contributed by atoms with E-state index in [0.29, 0.717) is 0 Å². The quantitative estimate of drug-likeness (QED) is 0.687. The summed E-state index contributed by atoms with van der Waals surface area (Å²) in [6.45, 7) is 3.00. The Morgan fingerprint density at radius 2 is 1.75 bits per heavy atom. The minimum Gasteiger partial charge on any atom is -1.00 e. The lowest BCUT2D eigenvalue weighted by Gasteiger charge is -2.00. The summed E-state index contributed by atoms with van der Waals surface area (Å²) in [5.74, 6) is 0. The van der Waals surface area contributed by atoms with Crippen molar-refractivity contribution >= 4 is 11.6 Å². The van der Waals surface area contributed by atoms with Crippen LogP contribution in [0.25, 0.3) is 0 Å². The summed E-state index contributed by atoms with van der Waals surface area (Å²) in [7, 11) is 0. The van der Waals surface area contributed by atoms with E-state index in [-0.39, 0.29) is 17.0 Å². The first-order chi connectivity index (χ1) is 7.25. The summed E-state index contributed by atoms with van der Waals surface area (Å²) in [5.41, 5.74) is 2.52. The normalized spacial score (nSPS) is 9.62. The fraction of sp³-hybridized carbons (Fsp3) is 0.154. The number of benzene rings is 1. The molecule has 1 aromatic carbocycles. The molecular weight excluding hydrogens is 286 g/mol. The third-order valence-corrected chi connectivity index (χ3v) is 2.69. The van der Waals surface area contributed by atoms with E-state index in [1.807, 2.05) is 24.3 Å². The third-order valence-electron chi connectivity index (χ3n) is 2.43. The van der Waals surface area contributed by atoms with Gasteiger partial charge in [-0.05, 0) is 12.1 Å². The van der Waals surface area contributed by atoms with E-state index in [4.69, 9.17) is 11.6 Å². The highest BCUT2D eigenvalue weighted by molar-refractivity contribution is 6.30. The summed E-state index contributed by atoms with van der Waals surface area (Å²) in [6.07, 6.45) is 2.09. The minimum atomic E-state index is 0. The molecule has 0 aliphatic rings. The second kappa shape index (κ2) is 6.02. The van der Waals surface area contributed by atoms with Gasteiger partial charge in [-0.1, -0.05) is 29.8 Å². The SMILES string of the molecule is Cc1cccc[n+]1Cc1ccc(Cl)cc1.[Br-]. The van der Waals surface area contributed by atoms with Crippen LogP contribution >= 0.6 is 11.6 Å². The van der Waals surface area contributed by atoms with Crippen LogP contribution < -0.4 is 21.5 Å². The molecule has 1 heterocycles. The standard InChI is InChI=1S/C13H13ClN.BrH/c1-11-4-2-3-9-15(11)10-12-5-7-13(14)8-6-12;/h2-9H,10H2,1H3;1H/q+1;/p-1. The second-order valence-electron chi connectivity index (χ2n) is 3.60. The lowest BCUT2D eigenvalue weighted by Crippen LogP contribution is -3.00. The first-order valence-corrected chi connectivity index (χ1v) is 5.33. The molecule has 1 nitrogen and oxygen atoms in total. The van der Waals surface area contributed by atoms with Crippen molar-refractivity contribution in [3.8, 4) is 0 Å². The van der Waals surface area contributed by atoms with E-state index in [0.717, 1.165) is 11.6 Å². The van der Waals surface area contributed by atoms with Crippen LogP contribution in [0.2, 0.25) is 5.02 Å². The van der Waals surface area contributed by atoms with Gasteiger partial charge < -0.3 is 17.0 Å². The molecule has 0 radical (unpaired) electrons. The van der Waals surface area contributed by atoms with Crippen molar-refractivity contribution in [2.75, 3.05) is 0 Å². The molecular formula is C13H13BrClN. The van der Waals surface area contributed by atoms with Crippen LogP contribution in [0, 0.1) is 6.92 Å². The smallest absolute Gasteiger partial charge is 0.178 e. The van der Waals surface area contributed by atoms with E-state index in [9.17, 15) is 0 Å². The Balaban J connectivity index is 0.00000128. The van der Waals surface area contributed by atoms with E-state index >= 15 is 0 Å². The molecule has 2 aromatic rings. The Labute approximate surface area is 111 Å². The van der Waals surface area contributed by atoms with Gasteiger partial charge >= 0.3 is 0 Å². The van der Waals surface area contributed by atoms with Gasteiger partial charge in [0.15, 0.2) is 18.4 Å². The summed E-state index contributed by atoms with van der Waals surface area (Å²) in [4.78, 5) is 0. The third kappa shape index (κ3) is 3.32. The van der Waals surface area contributed by atoms with Gasteiger partial charge in [0.25, 0.3) is 0 Å². The zero-order valence-corrected chi connectivity index (χ0v) is 11.4. The Bertz CT molecular complexity index is 454. The highest BCUT2D eigenvalue weighted by Crippen LogP contribution is 2.09. The van der Waals surface area contributed by atoms with Gasteiger partial charge in [0.2, 0.25) is 0 Å². The van der Waals surface area contributed by atoms with Crippen LogP contribution in [-0.2, 0) is 6.54 Å². The molecule has 16 heavy (non-hydrogen) atoms. The van der Waals surface area contributed by atoms with E-state index in [1.165, 1.54) is 11.3 Å². The summed E-state index contributed by atoms with van der Waals surface area (Å²) in [5, 5.41) is 0.786. The van der Waals surface area contributed by atoms with E-state index in [1.54, 1.807) is 0 Å². The molecule has 0 aliphatic heterocycles. The lowest BCUT2D eigenvalue weighted by atomic mass is 10.2. The Morgan fingerprint density at radius 3 is 2.38 bits per heavy atom. The van der Waals surface area contributed by atoms with Crippen LogP contribution in [0.15, 0.2) is 48.7 Å². The van der Waals surface area contributed by atoms with Crippen LogP contribution in [0.5, 0.6) is 0 Å². The topological polar surface area (TPSA) is 3.88 Å². The molecule has 2 rings (SSSR count). The molecule has 0 N–H and O–H groups in total. The molecule has 84 valence electrons. The fourth-order valence-corrected chi connectivity index (χ4v) is 1.65. The van der Waals surface area contributed by atoms with Crippen molar-refractivity contribution in [3.63, 3.8) is 0 Å². The van der Waals surface area contributed by atoms with Crippen LogP contribution in [-0.4, -0.2) is 0 Å². The molecule has 1 aromatic heterocycles. The van der Waals surface area contributed by atoms with Gasteiger partial charge in [-0.3, -0.25) is 0 Å². The molecule has 0 spiro atoms. The molecule has 0 unspecified atom stereocenters. The summed E-state index contributed by atoms with van der Waals surface area (Å²) in [6, 6.07) is 14.2. The predicted molar refractivity (Wildman–Crippen MR) is 61.9 cm³/mol. The number of hydrogen-bond donors (Lipinski definition) is 0. The van der Waals surface area contributed by atoms with Crippen LogP contribution in [0.3, 0.4) is 0 Å². The monoisotopic (exact) mass is 297 g/mol. The molecule has 0 fully saturated rings. The molecule has 0 saturated carbocycles. The first-order valence-electron chi connectivity index (χ1n) is 4.95. The van der Waals surface area contributed by atoms with Crippen molar-refractivity contribution in [1.82, 2.24) is 0 Å². The highest BCUT2D eigenvalue weighted by Gasteiger charge is 2.05. The number of nitrogens with zero attached hydrogens (tertiary/aromatic N) is 1. The molecule has 0 atom stereocenters.